The van der Waals surface area contributed by atoms with Gasteiger partial charge in [0, 0.05) is 11.6 Å². The molecule has 0 bridgehead atoms. The Balaban J connectivity index is 1.73. The third-order valence-corrected chi connectivity index (χ3v) is 4.35. The minimum absolute atomic E-state index is 0.0127. The summed E-state index contributed by atoms with van der Waals surface area (Å²) < 4.78 is 59.7. The summed E-state index contributed by atoms with van der Waals surface area (Å²) in [6, 6.07) is 16.5. The van der Waals surface area contributed by atoms with Gasteiger partial charge >= 0.3 is 6.11 Å². The van der Waals surface area contributed by atoms with Crippen LogP contribution in [0.2, 0.25) is 0 Å². The second-order valence-electron chi connectivity index (χ2n) is 6.63. The van der Waals surface area contributed by atoms with E-state index >= 15 is 0 Å². The van der Waals surface area contributed by atoms with Gasteiger partial charge in [-0.25, -0.2) is 8.78 Å². The highest BCUT2D eigenvalue weighted by atomic mass is 19.3. The van der Waals surface area contributed by atoms with E-state index in [0.717, 1.165) is 48.7 Å². The van der Waals surface area contributed by atoms with Crippen molar-refractivity contribution >= 4 is 6.08 Å². The van der Waals surface area contributed by atoms with Crippen molar-refractivity contribution in [2.75, 3.05) is 0 Å². The highest BCUT2D eigenvalue weighted by Gasteiger charge is 2.27. The molecule has 0 unspecified atom stereocenters. The van der Waals surface area contributed by atoms with Crippen LogP contribution in [0.25, 0.3) is 17.2 Å². The van der Waals surface area contributed by atoms with E-state index in [1.165, 1.54) is 17.7 Å². The summed E-state index contributed by atoms with van der Waals surface area (Å²) in [5, 5.41) is 0. The van der Waals surface area contributed by atoms with Crippen LogP contribution in [0.5, 0.6) is 5.75 Å². The smallest absolute Gasteiger partial charge is 0.419 e. The molecule has 0 atom stereocenters. The van der Waals surface area contributed by atoms with E-state index in [1.54, 1.807) is 6.07 Å². The van der Waals surface area contributed by atoms with Crippen LogP contribution in [0.15, 0.2) is 72.8 Å². The molecule has 3 aromatic rings. The third-order valence-electron chi connectivity index (χ3n) is 4.35. The molecule has 5 heteroatoms. The lowest BCUT2D eigenvalue weighted by molar-refractivity contribution is -0.130. The highest BCUT2D eigenvalue weighted by Crippen LogP contribution is 2.26. The SMILES string of the molecule is CCCc1ccc(-c2ccc(/C=C/C(F)(F)Oc3ccc(F)cc3)c(F)c2)cc1. The van der Waals surface area contributed by atoms with E-state index in [2.05, 4.69) is 11.7 Å². The van der Waals surface area contributed by atoms with Crippen LogP contribution in [-0.2, 0) is 6.42 Å². The van der Waals surface area contributed by atoms with Gasteiger partial charge in [0.1, 0.15) is 17.4 Å². The average molecular weight is 400 g/mol. The van der Waals surface area contributed by atoms with Gasteiger partial charge in [-0.2, -0.15) is 8.78 Å². The lowest BCUT2D eigenvalue weighted by atomic mass is 10.0. The number of rotatable bonds is 7. The van der Waals surface area contributed by atoms with Crippen molar-refractivity contribution in [3.05, 3.63) is 95.6 Å². The topological polar surface area (TPSA) is 9.23 Å². The molecule has 0 spiro atoms. The summed E-state index contributed by atoms with van der Waals surface area (Å²) in [7, 11) is 0. The number of hydrogen-bond acceptors (Lipinski definition) is 1. The van der Waals surface area contributed by atoms with Crippen LogP contribution >= 0.6 is 0 Å². The van der Waals surface area contributed by atoms with E-state index in [1.807, 2.05) is 24.3 Å². The first kappa shape index (κ1) is 20.6. The molecule has 1 nitrogen and oxygen atoms in total. The van der Waals surface area contributed by atoms with Crippen LogP contribution in [0, 0.1) is 11.6 Å². The second-order valence-corrected chi connectivity index (χ2v) is 6.63. The Hall–Kier alpha value is -3.08. The van der Waals surface area contributed by atoms with Gasteiger partial charge in [0.25, 0.3) is 0 Å². The summed E-state index contributed by atoms with van der Waals surface area (Å²) in [5.41, 5.74) is 2.74. The summed E-state index contributed by atoms with van der Waals surface area (Å²) in [6.45, 7) is 2.10. The van der Waals surface area contributed by atoms with Crippen LogP contribution in [-0.4, -0.2) is 6.11 Å². The molecule has 150 valence electrons. The Bertz CT molecular complexity index is 977. The fraction of sp³-hybridized carbons (Fsp3) is 0.167. The monoisotopic (exact) mass is 400 g/mol. The molecular weight excluding hydrogens is 380 g/mol. The molecule has 0 N–H and O–H groups in total. The van der Waals surface area contributed by atoms with Crippen LogP contribution in [0.3, 0.4) is 0 Å². The third kappa shape index (κ3) is 5.70. The standard InChI is InChI=1S/C24H20F4O/c1-2-3-17-4-6-18(7-5-17)20-9-8-19(23(26)16-20)14-15-24(27,28)29-22-12-10-21(25)11-13-22/h4-16H,2-3H2,1H3/b15-14+. The molecule has 0 saturated carbocycles. The van der Waals surface area contributed by atoms with Gasteiger partial charge in [-0.1, -0.05) is 49.7 Å². The zero-order chi connectivity index (χ0) is 20.9. The van der Waals surface area contributed by atoms with Crippen LogP contribution in [0.4, 0.5) is 17.6 Å². The van der Waals surface area contributed by atoms with Crippen molar-refractivity contribution in [3.8, 4) is 16.9 Å². The van der Waals surface area contributed by atoms with Crippen molar-refractivity contribution in [1.29, 1.82) is 0 Å². The van der Waals surface area contributed by atoms with Gasteiger partial charge in [-0.05, 0) is 59.5 Å². The number of benzene rings is 3. The normalized spacial score (nSPS) is 11.8. The van der Waals surface area contributed by atoms with Crippen LogP contribution in [0.1, 0.15) is 24.5 Å². The maximum absolute atomic E-state index is 14.4. The Morgan fingerprint density at radius 2 is 1.52 bits per heavy atom. The first-order valence-corrected chi connectivity index (χ1v) is 9.27. The average Bonchev–Trinajstić information content (AvgIpc) is 2.69. The van der Waals surface area contributed by atoms with Crippen LogP contribution < -0.4 is 4.74 Å². The molecule has 0 heterocycles. The Morgan fingerprint density at radius 1 is 0.862 bits per heavy atom. The molecule has 0 amide bonds. The Kier molecular flexibility index (Phi) is 6.37. The maximum Gasteiger partial charge on any atom is 0.419 e. The first-order valence-electron chi connectivity index (χ1n) is 9.27. The van der Waals surface area contributed by atoms with Gasteiger partial charge in [-0.15, -0.1) is 0 Å². The van der Waals surface area contributed by atoms with E-state index in [9.17, 15) is 17.6 Å². The molecule has 0 radical (unpaired) electrons. The molecule has 0 aliphatic carbocycles. The second kappa shape index (κ2) is 8.95. The van der Waals surface area contributed by atoms with Crippen molar-refractivity contribution in [2.24, 2.45) is 0 Å². The van der Waals surface area contributed by atoms with Gasteiger partial charge in [0.2, 0.25) is 0 Å². The Labute approximate surface area is 167 Å². The number of halogens is 4. The van der Waals surface area contributed by atoms with Gasteiger partial charge in [0.15, 0.2) is 0 Å². The number of aryl methyl sites for hydroxylation is 1. The number of alkyl halides is 2. The molecule has 0 aliphatic heterocycles. The molecule has 29 heavy (non-hydrogen) atoms. The summed E-state index contributed by atoms with van der Waals surface area (Å²) in [4.78, 5) is 0. The van der Waals surface area contributed by atoms with Crippen molar-refractivity contribution < 1.29 is 22.3 Å². The lowest BCUT2D eigenvalue weighted by Gasteiger charge is -2.14. The summed E-state index contributed by atoms with van der Waals surface area (Å²) >= 11 is 0. The molecular formula is C24H20F4O. The van der Waals surface area contributed by atoms with Gasteiger partial charge < -0.3 is 4.74 Å². The van der Waals surface area contributed by atoms with E-state index < -0.39 is 17.7 Å². The van der Waals surface area contributed by atoms with E-state index in [-0.39, 0.29) is 11.3 Å². The van der Waals surface area contributed by atoms with Crippen molar-refractivity contribution in [1.82, 2.24) is 0 Å². The molecule has 3 rings (SSSR count). The minimum atomic E-state index is -3.67. The highest BCUT2D eigenvalue weighted by molar-refractivity contribution is 5.66. The van der Waals surface area contributed by atoms with E-state index in [4.69, 9.17) is 0 Å². The fourth-order valence-corrected chi connectivity index (χ4v) is 2.87. The number of ether oxygens (including phenoxy) is 1. The van der Waals surface area contributed by atoms with Crippen molar-refractivity contribution in [3.63, 3.8) is 0 Å². The quantitative estimate of drug-likeness (QED) is 0.379. The van der Waals surface area contributed by atoms with Crippen molar-refractivity contribution in [2.45, 2.75) is 25.9 Å². The molecule has 0 aliphatic rings. The zero-order valence-corrected chi connectivity index (χ0v) is 15.8. The molecule has 3 aromatic carbocycles. The summed E-state index contributed by atoms with van der Waals surface area (Å²) in [5.74, 6) is -1.37. The van der Waals surface area contributed by atoms with Gasteiger partial charge in [0.05, 0.1) is 0 Å². The van der Waals surface area contributed by atoms with E-state index in [0.29, 0.717) is 11.6 Å². The minimum Gasteiger partial charge on any atom is -0.429 e. The maximum atomic E-state index is 14.4. The Morgan fingerprint density at radius 3 is 2.14 bits per heavy atom. The first-order chi connectivity index (χ1) is 13.9. The lowest BCUT2D eigenvalue weighted by Crippen LogP contribution is -2.21. The predicted octanol–water partition coefficient (Wildman–Crippen LogP) is 7.27. The fourth-order valence-electron chi connectivity index (χ4n) is 2.87. The summed E-state index contributed by atoms with van der Waals surface area (Å²) in [6.07, 6.45) is -0.212. The predicted molar refractivity (Wildman–Crippen MR) is 107 cm³/mol. The molecule has 0 saturated heterocycles. The van der Waals surface area contributed by atoms with Gasteiger partial charge in [-0.3, -0.25) is 0 Å². The molecule has 0 aromatic heterocycles. The molecule has 0 fully saturated rings. The largest absolute Gasteiger partial charge is 0.429 e. The number of hydrogen-bond donors (Lipinski definition) is 0. The zero-order valence-electron chi connectivity index (χ0n) is 15.8.